The molecule has 7 rings (SSSR count). The molecule has 0 radical (unpaired) electrons. The number of hydrogen-bond donors (Lipinski definition) is 2. The van der Waals surface area contributed by atoms with Crippen LogP contribution in [0.15, 0.2) is 102 Å². The van der Waals surface area contributed by atoms with Gasteiger partial charge in [0.25, 0.3) is 0 Å². The van der Waals surface area contributed by atoms with Crippen molar-refractivity contribution in [2.24, 2.45) is 0 Å². The summed E-state index contributed by atoms with van der Waals surface area (Å²) in [5.41, 5.74) is 3.81. The van der Waals surface area contributed by atoms with E-state index < -0.39 is 30.3 Å². The van der Waals surface area contributed by atoms with Crippen molar-refractivity contribution >= 4 is 24.0 Å². The Kier molecular flexibility index (Phi) is 5.96. The van der Waals surface area contributed by atoms with Crippen LogP contribution in [-0.4, -0.2) is 84.7 Å². The van der Waals surface area contributed by atoms with Gasteiger partial charge in [0.15, 0.2) is 24.7 Å². The first-order valence-corrected chi connectivity index (χ1v) is 14.4. The maximum absolute atomic E-state index is 14.9. The highest BCUT2D eigenvalue weighted by Crippen LogP contribution is 2.53. The fourth-order valence-electron chi connectivity index (χ4n) is 7.89. The monoisotopic (exact) mass is 568 g/mol. The lowest BCUT2D eigenvalue weighted by Crippen LogP contribution is -2.63. The van der Waals surface area contributed by atoms with E-state index in [0.717, 1.165) is 28.4 Å². The maximum Gasteiger partial charge on any atom is 0.408 e. The largest absolute Gasteiger partial charge is 0.465 e. The highest BCUT2D eigenvalue weighted by molar-refractivity contribution is 5.85. The molecule has 2 saturated heterocycles. The third kappa shape index (κ3) is 3.45. The average Bonchev–Trinajstić information content (AvgIpc) is 3.86. The standard InChI is InChI=1S/C32H30N4O6/c37-29(26-8-4-18-33(26)31(39)40)35(22-10-11-23(35)13-12-22)20-28(21-6-2-1-3-7-21)36(24-14-15-25(36)17-16-24)30(38)27-9-5-19-34(27)32(41)42/h1-3,6-7,10-17,26-28H,4-5,8-9,18-20H2/p+2/t26-,27-,28?/m0/s1. The van der Waals surface area contributed by atoms with Crippen molar-refractivity contribution in [2.45, 2.75) is 43.8 Å². The Morgan fingerprint density at radius 1 is 0.714 bits per heavy atom. The predicted octanol–water partition coefficient (Wildman–Crippen LogP) is 4.40. The number of quaternary nitrogens is 2. The number of carboxylic acid groups (broad SMARTS) is 2. The number of nitrogens with zero attached hydrogens (tertiary/aromatic N) is 4. The van der Waals surface area contributed by atoms with Gasteiger partial charge in [-0.05, 0) is 25.7 Å². The summed E-state index contributed by atoms with van der Waals surface area (Å²) in [5, 5.41) is 19.9. The van der Waals surface area contributed by atoms with Gasteiger partial charge in [0.1, 0.15) is 22.8 Å². The van der Waals surface area contributed by atoms with Gasteiger partial charge in [-0.25, -0.2) is 19.2 Å². The Bertz CT molecular complexity index is 1560. The summed E-state index contributed by atoms with van der Waals surface area (Å²) in [6.45, 7) is 0.760. The minimum Gasteiger partial charge on any atom is -0.465 e. The first kappa shape index (κ1) is 26.4. The smallest absolute Gasteiger partial charge is 0.408 e. The molecule has 4 amide bonds. The lowest BCUT2D eigenvalue weighted by Gasteiger charge is -2.44. The molecule has 1 aromatic carbocycles. The minimum absolute atomic E-state index is 0.166. The molecular formula is C32H32N4O6+2. The average molecular weight is 569 g/mol. The lowest BCUT2D eigenvalue weighted by atomic mass is 9.96. The van der Waals surface area contributed by atoms with E-state index in [1.807, 2.05) is 78.9 Å². The van der Waals surface area contributed by atoms with Crippen LogP contribution in [0.25, 0.3) is 0 Å². The Morgan fingerprint density at radius 3 is 1.67 bits per heavy atom. The van der Waals surface area contributed by atoms with Gasteiger partial charge in [-0.1, -0.05) is 30.3 Å². The van der Waals surface area contributed by atoms with Gasteiger partial charge in [-0.2, -0.15) is 8.97 Å². The highest BCUT2D eigenvalue weighted by Gasteiger charge is 2.64. The first-order chi connectivity index (χ1) is 20.3. The van der Waals surface area contributed by atoms with Gasteiger partial charge in [0.05, 0.1) is 0 Å². The molecule has 214 valence electrons. The lowest BCUT2D eigenvalue weighted by molar-refractivity contribution is -0.853. The summed E-state index contributed by atoms with van der Waals surface area (Å²) in [7, 11) is 0. The summed E-state index contributed by atoms with van der Waals surface area (Å²) < 4.78 is -0.394. The van der Waals surface area contributed by atoms with Crippen molar-refractivity contribution < 1.29 is 38.4 Å². The SMILES string of the molecule is O=C(O)N1CCC[C@H]1C(=O)[N+]1(CC(c2ccccc2)[N+]2(C(=O)[C@@H]3CCCN3C(=O)O)C3=CC=C2C=C3)C2=CC=C1C=C2. The normalized spacial score (nSPS) is 26.3. The molecule has 0 aromatic heterocycles. The van der Waals surface area contributed by atoms with Crippen LogP contribution in [0, 0.1) is 0 Å². The molecule has 4 bridgehead atoms. The summed E-state index contributed by atoms with van der Waals surface area (Å²) in [6, 6.07) is 7.38. The van der Waals surface area contributed by atoms with E-state index >= 15 is 0 Å². The van der Waals surface area contributed by atoms with Gasteiger partial charge < -0.3 is 10.2 Å². The number of carbonyl (C=O) groups is 4. The number of likely N-dealkylation sites (tertiary alicyclic amines) is 2. The van der Waals surface area contributed by atoms with Crippen molar-refractivity contribution in [3.05, 3.63) is 107 Å². The number of carbonyl (C=O) groups excluding carboxylic acids is 2. The fraction of sp³-hybridized carbons (Fsp3) is 0.312. The Balaban J connectivity index is 1.39. The quantitative estimate of drug-likeness (QED) is 0.492. The molecule has 10 nitrogen and oxygen atoms in total. The molecule has 3 atom stereocenters. The van der Waals surface area contributed by atoms with Gasteiger partial charge >= 0.3 is 24.0 Å². The van der Waals surface area contributed by atoms with Crippen LogP contribution < -0.4 is 0 Å². The number of fused-ring (bicyclic) bond motifs is 4. The van der Waals surface area contributed by atoms with E-state index in [4.69, 9.17) is 0 Å². The van der Waals surface area contributed by atoms with E-state index in [-0.39, 0.29) is 27.3 Å². The molecule has 6 heterocycles. The molecule has 2 N–H and O–H groups in total. The Labute approximate surface area is 242 Å². The van der Waals surface area contributed by atoms with E-state index in [0.29, 0.717) is 38.8 Å². The zero-order valence-electron chi connectivity index (χ0n) is 23.0. The number of benzene rings is 1. The Morgan fingerprint density at radius 2 is 1.19 bits per heavy atom. The maximum atomic E-state index is 14.9. The van der Waals surface area contributed by atoms with Crippen LogP contribution in [0.5, 0.6) is 0 Å². The summed E-state index contributed by atoms with van der Waals surface area (Å²) in [5.74, 6) is -0.457. The van der Waals surface area contributed by atoms with Crippen LogP contribution in [0.3, 0.4) is 0 Å². The second kappa shape index (κ2) is 9.50. The van der Waals surface area contributed by atoms with Crippen LogP contribution >= 0.6 is 0 Å². The van der Waals surface area contributed by atoms with Crippen molar-refractivity contribution in [1.82, 2.24) is 9.80 Å². The summed E-state index contributed by atoms with van der Waals surface area (Å²) in [4.78, 5) is 56.4. The van der Waals surface area contributed by atoms with Crippen LogP contribution in [0.4, 0.5) is 9.59 Å². The fourth-order valence-corrected chi connectivity index (χ4v) is 7.89. The topological polar surface area (TPSA) is 115 Å². The zero-order valence-corrected chi connectivity index (χ0v) is 23.0. The van der Waals surface area contributed by atoms with Gasteiger partial charge in [-0.3, -0.25) is 9.80 Å². The van der Waals surface area contributed by atoms with Crippen LogP contribution in [0.2, 0.25) is 0 Å². The molecule has 0 saturated carbocycles. The number of allylic oxidation sites excluding steroid dienone is 8. The van der Waals surface area contributed by atoms with Crippen LogP contribution in [-0.2, 0) is 9.59 Å². The van der Waals surface area contributed by atoms with Gasteiger partial charge in [0.2, 0.25) is 0 Å². The molecule has 2 fully saturated rings. The van der Waals surface area contributed by atoms with Crippen molar-refractivity contribution in [3.63, 3.8) is 0 Å². The predicted molar refractivity (Wildman–Crippen MR) is 151 cm³/mol. The molecule has 0 aliphatic carbocycles. The molecule has 42 heavy (non-hydrogen) atoms. The number of hydrogen-bond acceptors (Lipinski definition) is 4. The molecule has 6 aliphatic rings. The summed E-state index contributed by atoms with van der Waals surface area (Å²) in [6.07, 6.45) is 15.1. The Hall–Kier alpha value is -4.54. The highest BCUT2D eigenvalue weighted by atomic mass is 16.4. The third-order valence-electron chi connectivity index (χ3n) is 9.79. The minimum atomic E-state index is -1.12. The second-order valence-corrected chi connectivity index (χ2v) is 11.6. The first-order valence-electron chi connectivity index (χ1n) is 14.4. The molecule has 0 spiro atoms. The van der Waals surface area contributed by atoms with Crippen molar-refractivity contribution in [1.29, 1.82) is 0 Å². The van der Waals surface area contributed by atoms with E-state index in [1.165, 1.54) is 9.80 Å². The zero-order chi connectivity index (χ0) is 29.2. The van der Waals surface area contributed by atoms with Gasteiger partial charge in [0, 0.05) is 67.3 Å². The van der Waals surface area contributed by atoms with Gasteiger partial charge in [-0.15, -0.1) is 0 Å². The summed E-state index contributed by atoms with van der Waals surface area (Å²) >= 11 is 0. The molecular weight excluding hydrogens is 536 g/mol. The third-order valence-corrected chi connectivity index (χ3v) is 9.79. The van der Waals surface area contributed by atoms with E-state index in [1.54, 1.807) is 0 Å². The van der Waals surface area contributed by atoms with Crippen LogP contribution in [0.1, 0.15) is 37.3 Å². The second-order valence-electron chi connectivity index (χ2n) is 11.6. The van der Waals surface area contributed by atoms with Crippen molar-refractivity contribution in [3.8, 4) is 0 Å². The molecule has 6 aliphatic heterocycles. The molecule has 1 aromatic rings. The van der Waals surface area contributed by atoms with E-state index in [9.17, 15) is 29.4 Å². The number of rotatable bonds is 6. The van der Waals surface area contributed by atoms with Crippen molar-refractivity contribution in [2.75, 3.05) is 19.6 Å². The molecule has 1 unspecified atom stereocenters. The van der Waals surface area contributed by atoms with E-state index in [2.05, 4.69) is 0 Å². The molecule has 10 heteroatoms. The number of amides is 4.